The van der Waals surface area contributed by atoms with E-state index in [9.17, 15) is 10.2 Å². The van der Waals surface area contributed by atoms with Crippen molar-refractivity contribution in [3.05, 3.63) is 131 Å². The van der Waals surface area contributed by atoms with Crippen LogP contribution >= 0.6 is 0 Å². The third-order valence-corrected chi connectivity index (χ3v) is 12.2. The quantitative estimate of drug-likeness (QED) is 0.0322. The second kappa shape index (κ2) is 20.1. The van der Waals surface area contributed by atoms with Gasteiger partial charge in [0.1, 0.15) is 24.8 Å². The molecule has 3 aromatic carbocycles. The molecule has 0 bridgehead atoms. The highest BCUT2D eigenvalue weighted by Gasteiger charge is 2.27. The van der Waals surface area contributed by atoms with E-state index in [4.69, 9.17) is 0 Å². The summed E-state index contributed by atoms with van der Waals surface area (Å²) in [6, 6.07) is 25.3. The molecule has 0 aliphatic heterocycles. The molecule has 5 rings (SSSR count). The van der Waals surface area contributed by atoms with Crippen LogP contribution in [0.25, 0.3) is 0 Å². The van der Waals surface area contributed by atoms with E-state index in [0.717, 1.165) is 36.9 Å². The second-order valence-electron chi connectivity index (χ2n) is 17.3. The number of benzene rings is 3. The lowest BCUT2D eigenvalue weighted by atomic mass is 9.74. The van der Waals surface area contributed by atoms with Crippen molar-refractivity contribution in [1.29, 1.82) is 0 Å². The Morgan fingerprint density at radius 3 is 1.47 bits per heavy atom. The van der Waals surface area contributed by atoms with E-state index in [-0.39, 0.29) is 28.7 Å². The first kappa shape index (κ1) is 44.1. The molecule has 5 aromatic rings. The largest absolute Gasteiger partial charge is 0.853 e. The molecule has 0 aliphatic carbocycles. The van der Waals surface area contributed by atoms with Crippen LogP contribution in [0.2, 0.25) is 0 Å². The molecule has 1 unspecified atom stereocenters. The van der Waals surface area contributed by atoms with E-state index in [1.165, 1.54) is 62.5 Å². The average Bonchev–Trinajstić information content (AvgIpc) is 3.79. The first-order valence-corrected chi connectivity index (χ1v) is 21.7. The number of hydrogen-bond donors (Lipinski definition) is 0. The van der Waals surface area contributed by atoms with Crippen LogP contribution in [0.15, 0.2) is 108 Å². The molecule has 0 saturated heterocycles. The van der Waals surface area contributed by atoms with Crippen molar-refractivity contribution in [3.8, 4) is 0 Å². The fourth-order valence-corrected chi connectivity index (χ4v) is 8.04. The smallest absolute Gasteiger partial charge is 0.292 e. The van der Waals surface area contributed by atoms with Gasteiger partial charge in [0.25, 0.3) is 11.6 Å². The Morgan fingerprint density at radius 1 is 0.569 bits per heavy atom. The van der Waals surface area contributed by atoms with E-state index in [2.05, 4.69) is 112 Å². The lowest BCUT2D eigenvalue weighted by Crippen LogP contribution is -2.40. The maximum absolute atomic E-state index is 13.5. The van der Waals surface area contributed by atoms with Gasteiger partial charge in [0.15, 0.2) is 0 Å². The number of aromatic nitrogens is 4. The molecule has 0 fully saturated rings. The van der Waals surface area contributed by atoms with Crippen molar-refractivity contribution >= 4 is 23.2 Å². The number of unbranched alkanes of at least 4 members (excludes halogenated alkanes) is 8. The summed E-state index contributed by atoms with van der Waals surface area (Å²) in [5.74, 6) is 0.760. The second-order valence-corrected chi connectivity index (χ2v) is 17.3. The summed E-state index contributed by atoms with van der Waals surface area (Å²) < 4.78 is 7.87. The zero-order valence-electron chi connectivity index (χ0n) is 36.8. The molecule has 2 aromatic heterocycles. The zero-order valence-corrected chi connectivity index (χ0v) is 36.8. The molecule has 0 radical (unpaired) electrons. The fraction of sp³-hybridized carbons (Fsp3) is 0.480. The van der Waals surface area contributed by atoms with Gasteiger partial charge in [0.2, 0.25) is 0 Å². The van der Waals surface area contributed by atoms with Gasteiger partial charge in [0.05, 0.1) is 49.9 Å². The van der Waals surface area contributed by atoms with Gasteiger partial charge in [-0.05, 0) is 79.1 Å². The van der Waals surface area contributed by atoms with Crippen LogP contribution in [0.1, 0.15) is 159 Å². The normalized spacial score (nSPS) is 13.3. The number of imidazole rings is 2. The Labute approximate surface area is 348 Å². The summed E-state index contributed by atoms with van der Waals surface area (Å²) in [5.41, 5.74) is 5.49. The number of aliphatic imine (C=N–C) groups is 2. The van der Waals surface area contributed by atoms with Gasteiger partial charge in [-0.3, -0.25) is 9.98 Å². The lowest BCUT2D eigenvalue weighted by Gasteiger charge is -2.29. The van der Waals surface area contributed by atoms with Crippen LogP contribution in [0.3, 0.4) is 0 Å². The summed E-state index contributed by atoms with van der Waals surface area (Å²) in [6.07, 6.45) is 21.0. The van der Waals surface area contributed by atoms with Gasteiger partial charge in [0, 0.05) is 10.8 Å². The minimum atomic E-state index is -0.264. The van der Waals surface area contributed by atoms with Gasteiger partial charge >= 0.3 is 0 Å². The predicted octanol–water partition coefficient (Wildman–Crippen LogP) is 9.36. The number of hydrogen-bond acceptors (Lipinski definition) is 4. The van der Waals surface area contributed by atoms with Crippen LogP contribution < -0.4 is 19.3 Å². The molecule has 2 heterocycles. The molecular weight excluding hydrogens is 717 g/mol. The van der Waals surface area contributed by atoms with Gasteiger partial charge in [-0.15, -0.1) is 0 Å². The molecule has 8 nitrogen and oxygen atoms in total. The lowest BCUT2D eigenvalue weighted by molar-refractivity contribution is -0.674. The number of nitrogens with zero attached hydrogens (tertiary/aromatic N) is 6. The summed E-state index contributed by atoms with van der Waals surface area (Å²) in [5, 5.41) is 26.8. The average molecular weight is 785 g/mol. The standard InChI is InChI=1S/C50H68N6O2/c1-10-12-14-16-17-19-33-55-36-34-53(8)47(55)45(57)51-43-29-25-41(26-30-43)49(4,5)39-21-23-40(24-22-39)50(6,7)42-27-31-44(32-28-42)52-46(58)48-54(9)35-37-56(48)38(3)20-18-15-13-11-2/h21-32,34-38H,10-20,33H2,1-9H3. The van der Waals surface area contributed by atoms with Crippen molar-refractivity contribution in [2.75, 3.05) is 0 Å². The first-order valence-electron chi connectivity index (χ1n) is 21.7. The molecule has 0 N–H and O–H groups in total. The summed E-state index contributed by atoms with van der Waals surface area (Å²) in [6.45, 7) is 16.4. The molecule has 0 aliphatic rings. The fourth-order valence-electron chi connectivity index (χ4n) is 8.04. The third kappa shape index (κ3) is 10.7. The molecule has 0 spiro atoms. The Hall–Kier alpha value is -4.98. The molecule has 0 saturated carbocycles. The SMILES string of the molecule is CCCCCCCCn1cc[n+](C)c1C([O-])=Nc1ccc(C(C)(C)c2ccc(C(C)(C)c3ccc(N=C([O-])c4n(C(C)CCCCCC)cc[n+]4C)cc3)cc2)cc1. The topological polar surface area (TPSA) is 88.5 Å². The zero-order chi connectivity index (χ0) is 41.9. The van der Waals surface area contributed by atoms with E-state index in [0.29, 0.717) is 23.0 Å². The van der Waals surface area contributed by atoms with Crippen molar-refractivity contribution in [2.24, 2.45) is 24.1 Å². The van der Waals surface area contributed by atoms with Crippen LogP contribution in [0.5, 0.6) is 0 Å². The highest BCUT2D eigenvalue weighted by Crippen LogP contribution is 2.37. The van der Waals surface area contributed by atoms with Crippen molar-refractivity contribution in [2.45, 2.75) is 143 Å². The van der Waals surface area contributed by atoms with E-state index in [1.807, 2.05) is 76.8 Å². The molecule has 310 valence electrons. The summed E-state index contributed by atoms with van der Waals surface area (Å²) in [7, 11) is 3.82. The van der Waals surface area contributed by atoms with Gasteiger partial charge in [-0.1, -0.05) is 135 Å². The van der Waals surface area contributed by atoms with E-state index in [1.54, 1.807) is 0 Å². The van der Waals surface area contributed by atoms with E-state index >= 15 is 0 Å². The first-order chi connectivity index (χ1) is 27.8. The predicted molar refractivity (Wildman–Crippen MR) is 234 cm³/mol. The van der Waals surface area contributed by atoms with Crippen LogP contribution in [0, 0.1) is 0 Å². The van der Waals surface area contributed by atoms with Crippen molar-refractivity contribution in [1.82, 2.24) is 9.13 Å². The molecule has 0 amide bonds. The summed E-state index contributed by atoms with van der Waals surface area (Å²) in [4.78, 5) is 9.04. The van der Waals surface area contributed by atoms with Gasteiger partial charge < -0.3 is 10.2 Å². The van der Waals surface area contributed by atoms with Crippen LogP contribution in [-0.2, 0) is 31.5 Å². The molecular formula is C50H68N6O2. The molecule has 8 heteroatoms. The third-order valence-electron chi connectivity index (χ3n) is 12.2. The minimum Gasteiger partial charge on any atom is -0.853 e. The number of rotatable bonds is 21. The maximum atomic E-state index is 13.5. The Morgan fingerprint density at radius 2 is 0.966 bits per heavy atom. The Kier molecular flexibility index (Phi) is 15.3. The molecule has 58 heavy (non-hydrogen) atoms. The number of aryl methyl sites for hydroxylation is 3. The van der Waals surface area contributed by atoms with E-state index < -0.39 is 0 Å². The Balaban J connectivity index is 1.24. The summed E-state index contributed by atoms with van der Waals surface area (Å²) >= 11 is 0. The van der Waals surface area contributed by atoms with Crippen molar-refractivity contribution < 1.29 is 19.3 Å². The minimum absolute atomic E-state index is 0.223. The Bertz CT molecular complexity index is 2100. The monoisotopic (exact) mass is 785 g/mol. The highest BCUT2D eigenvalue weighted by molar-refractivity contribution is 5.88. The van der Waals surface area contributed by atoms with Crippen LogP contribution in [0.4, 0.5) is 11.4 Å². The van der Waals surface area contributed by atoms with Gasteiger partial charge in [-0.2, -0.15) is 0 Å². The highest BCUT2D eigenvalue weighted by atomic mass is 16.3. The van der Waals surface area contributed by atoms with Crippen molar-refractivity contribution in [3.63, 3.8) is 0 Å². The maximum Gasteiger partial charge on any atom is 0.292 e. The van der Waals surface area contributed by atoms with Crippen LogP contribution in [-0.4, -0.2) is 20.9 Å². The van der Waals surface area contributed by atoms with Gasteiger partial charge in [-0.25, -0.2) is 18.3 Å². The molecule has 1 atom stereocenters.